The van der Waals surface area contributed by atoms with Gasteiger partial charge in [0.2, 0.25) is 0 Å². The molecule has 1 aliphatic carbocycles. The largest absolute Gasteiger partial charge is 0.382 e. The molecule has 1 saturated carbocycles. The molecule has 0 bridgehead atoms. The second-order valence-corrected chi connectivity index (χ2v) is 4.49. The lowest BCUT2D eigenvalue weighted by Crippen LogP contribution is -2.22. The standard InChI is InChI=1S/C8H7NO.C6H13N/c1-2-4-8-7(3-1)5-6-9-10-8;7-6-4-2-1-3-5-6/h1-6,9H;6H,1-5,7H2. The highest BCUT2D eigenvalue weighted by molar-refractivity contribution is 5.57. The number of nitrogens with two attached hydrogens (primary N) is 1. The number of nitrogens with one attached hydrogen (secondary N) is 1. The van der Waals surface area contributed by atoms with Crippen molar-refractivity contribution in [1.82, 2.24) is 5.48 Å². The highest BCUT2D eigenvalue weighted by atomic mass is 16.6. The Morgan fingerprint density at radius 1 is 1.12 bits per heavy atom. The van der Waals surface area contributed by atoms with Gasteiger partial charge in [-0.05, 0) is 25.0 Å². The third-order valence-corrected chi connectivity index (χ3v) is 3.07. The van der Waals surface area contributed by atoms with Crippen LogP contribution < -0.4 is 16.1 Å². The summed E-state index contributed by atoms with van der Waals surface area (Å²) in [5, 5.41) is 0. The van der Waals surface area contributed by atoms with Crippen LogP contribution in [0.5, 0.6) is 5.75 Å². The Hall–Kier alpha value is -1.48. The molecule has 3 rings (SSSR count). The number of benzene rings is 1. The van der Waals surface area contributed by atoms with E-state index in [0.717, 1.165) is 11.3 Å². The predicted molar refractivity (Wildman–Crippen MR) is 70.3 cm³/mol. The van der Waals surface area contributed by atoms with Gasteiger partial charge in [0.25, 0.3) is 0 Å². The number of hydroxylamine groups is 1. The molecule has 1 aromatic carbocycles. The first-order valence-electron chi connectivity index (χ1n) is 6.30. The molecule has 0 saturated heterocycles. The summed E-state index contributed by atoms with van der Waals surface area (Å²) in [6.07, 6.45) is 10.4. The zero-order valence-corrected chi connectivity index (χ0v) is 10.1. The first kappa shape index (κ1) is 12.0. The lowest BCUT2D eigenvalue weighted by atomic mass is 9.97. The highest BCUT2D eigenvalue weighted by Crippen LogP contribution is 2.20. The van der Waals surface area contributed by atoms with Gasteiger partial charge in [-0.15, -0.1) is 0 Å². The van der Waals surface area contributed by atoms with E-state index in [9.17, 15) is 0 Å². The van der Waals surface area contributed by atoms with Crippen LogP contribution in [0.4, 0.5) is 0 Å². The first-order valence-corrected chi connectivity index (χ1v) is 6.30. The average molecular weight is 232 g/mol. The summed E-state index contributed by atoms with van der Waals surface area (Å²) < 4.78 is 0. The molecule has 0 amide bonds. The lowest BCUT2D eigenvalue weighted by molar-refractivity contribution is 0.239. The smallest absolute Gasteiger partial charge is 0.162 e. The van der Waals surface area contributed by atoms with E-state index in [2.05, 4.69) is 5.48 Å². The summed E-state index contributed by atoms with van der Waals surface area (Å²) >= 11 is 0. The second kappa shape index (κ2) is 6.30. The molecule has 3 nitrogen and oxygen atoms in total. The minimum absolute atomic E-state index is 0.536. The van der Waals surface area contributed by atoms with Gasteiger partial charge in [0.15, 0.2) is 5.75 Å². The Labute approximate surface area is 103 Å². The molecule has 1 aromatic rings. The molecular formula is C14H20N2O. The van der Waals surface area contributed by atoms with Crippen molar-refractivity contribution < 1.29 is 4.84 Å². The molecule has 0 atom stereocenters. The summed E-state index contributed by atoms with van der Waals surface area (Å²) in [7, 11) is 0. The summed E-state index contributed by atoms with van der Waals surface area (Å²) in [6.45, 7) is 0. The number of hydrogen-bond donors (Lipinski definition) is 2. The van der Waals surface area contributed by atoms with Gasteiger partial charge in [-0.2, -0.15) is 0 Å². The summed E-state index contributed by atoms with van der Waals surface area (Å²) in [4.78, 5) is 5.09. The molecule has 17 heavy (non-hydrogen) atoms. The number of hydrogen-bond acceptors (Lipinski definition) is 3. The van der Waals surface area contributed by atoms with E-state index in [-0.39, 0.29) is 0 Å². The molecular weight excluding hydrogens is 212 g/mol. The Kier molecular flexibility index (Phi) is 4.45. The number of rotatable bonds is 0. The van der Waals surface area contributed by atoms with Gasteiger partial charge in [-0.1, -0.05) is 37.5 Å². The molecule has 3 heteroatoms. The van der Waals surface area contributed by atoms with Crippen molar-refractivity contribution in [2.75, 3.05) is 0 Å². The van der Waals surface area contributed by atoms with Crippen molar-refractivity contribution in [3.63, 3.8) is 0 Å². The summed E-state index contributed by atoms with van der Waals surface area (Å²) in [5.41, 5.74) is 9.41. The van der Waals surface area contributed by atoms with Gasteiger partial charge >= 0.3 is 0 Å². The number of para-hydroxylation sites is 1. The van der Waals surface area contributed by atoms with E-state index in [4.69, 9.17) is 10.6 Å². The zero-order chi connectivity index (χ0) is 11.9. The SMILES string of the molecule is C1=Cc2ccccc2ON1.NC1CCCCC1. The molecule has 1 aliphatic heterocycles. The maximum Gasteiger partial charge on any atom is 0.162 e. The van der Waals surface area contributed by atoms with Gasteiger partial charge in [0.05, 0.1) is 0 Å². The van der Waals surface area contributed by atoms with Crippen LogP contribution in [0.3, 0.4) is 0 Å². The van der Waals surface area contributed by atoms with Crippen LogP contribution in [0.15, 0.2) is 30.5 Å². The first-order chi connectivity index (χ1) is 8.36. The van der Waals surface area contributed by atoms with Gasteiger partial charge in [-0.25, -0.2) is 5.48 Å². The van der Waals surface area contributed by atoms with Gasteiger partial charge < -0.3 is 10.6 Å². The number of fused-ring (bicyclic) bond motifs is 1. The molecule has 3 N–H and O–H groups in total. The predicted octanol–water partition coefficient (Wildman–Crippen LogP) is 2.83. The maximum atomic E-state index is 5.63. The molecule has 0 aromatic heterocycles. The van der Waals surface area contributed by atoms with Crippen LogP contribution in [0.25, 0.3) is 6.08 Å². The third-order valence-electron chi connectivity index (χ3n) is 3.07. The van der Waals surface area contributed by atoms with Crippen LogP contribution in [-0.2, 0) is 0 Å². The van der Waals surface area contributed by atoms with E-state index < -0.39 is 0 Å². The van der Waals surface area contributed by atoms with Gasteiger partial charge in [0, 0.05) is 17.8 Å². The van der Waals surface area contributed by atoms with Gasteiger partial charge in [-0.3, -0.25) is 0 Å². The fraction of sp³-hybridized carbons (Fsp3) is 0.429. The van der Waals surface area contributed by atoms with E-state index in [1.807, 2.05) is 30.3 Å². The normalized spacial score (nSPS) is 18.2. The maximum absolute atomic E-state index is 5.63. The topological polar surface area (TPSA) is 47.3 Å². The molecule has 0 radical (unpaired) electrons. The van der Waals surface area contributed by atoms with Crippen molar-refractivity contribution in [2.24, 2.45) is 5.73 Å². The van der Waals surface area contributed by atoms with Crippen LogP contribution in [0.2, 0.25) is 0 Å². The monoisotopic (exact) mass is 232 g/mol. The van der Waals surface area contributed by atoms with Crippen LogP contribution in [0, 0.1) is 0 Å². The fourth-order valence-corrected chi connectivity index (χ4v) is 2.07. The van der Waals surface area contributed by atoms with Crippen molar-refractivity contribution in [1.29, 1.82) is 0 Å². The molecule has 0 spiro atoms. The lowest BCUT2D eigenvalue weighted by Gasteiger charge is -2.15. The Balaban J connectivity index is 0.000000136. The fourth-order valence-electron chi connectivity index (χ4n) is 2.07. The Morgan fingerprint density at radius 3 is 2.53 bits per heavy atom. The zero-order valence-electron chi connectivity index (χ0n) is 10.1. The average Bonchev–Trinajstić information content (AvgIpc) is 2.41. The van der Waals surface area contributed by atoms with E-state index in [1.54, 1.807) is 6.20 Å². The van der Waals surface area contributed by atoms with E-state index in [1.165, 1.54) is 32.1 Å². The molecule has 1 heterocycles. The Morgan fingerprint density at radius 2 is 1.88 bits per heavy atom. The molecule has 1 fully saturated rings. The van der Waals surface area contributed by atoms with Crippen molar-refractivity contribution in [3.05, 3.63) is 36.0 Å². The third kappa shape index (κ3) is 3.79. The molecule has 0 unspecified atom stereocenters. The van der Waals surface area contributed by atoms with E-state index >= 15 is 0 Å². The van der Waals surface area contributed by atoms with Crippen LogP contribution in [-0.4, -0.2) is 6.04 Å². The second-order valence-electron chi connectivity index (χ2n) is 4.49. The van der Waals surface area contributed by atoms with Crippen LogP contribution >= 0.6 is 0 Å². The summed E-state index contributed by atoms with van der Waals surface area (Å²) in [5.74, 6) is 0.880. The van der Waals surface area contributed by atoms with E-state index in [0.29, 0.717) is 6.04 Å². The van der Waals surface area contributed by atoms with Crippen LogP contribution in [0.1, 0.15) is 37.7 Å². The summed E-state index contributed by atoms with van der Waals surface area (Å²) in [6, 6.07) is 8.39. The van der Waals surface area contributed by atoms with Crippen molar-refractivity contribution in [2.45, 2.75) is 38.1 Å². The van der Waals surface area contributed by atoms with Crippen molar-refractivity contribution in [3.8, 4) is 5.75 Å². The minimum Gasteiger partial charge on any atom is -0.382 e. The molecule has 2 aliphatic rings. The Bertz CT molecular complexity index is 370. The quantitative estimate of drug-likeness (QED) is 0.723. The highest BCUT2D eigenvalue weighted by Gasteiger charge is 2.06. The van der Waals surface area contributed by atoms with Gasteiger partial charge in [0.1, 0.15) is 0 Å². The minimum atomic E-state index is 0.536. The van der Waals surface area contributed by atoms with Crippen molar-refractivity contribution >= 4 is 6.08 Å². The molecule has 92 valence electrons.